The molecule has 0 radical (unpaired) electrons. The van der Waals surface area contributed by atoms with Crippen molar-refractivity contribution in [2.45, 2.75) is 31.8 Å². The summed E-state index contributed by atoms with van der Waals surface area (Å²) in [6.45, 7) is 0.680. The summed E-state index contributed by atoms with van der Waals surface area (Å²) in [5.41, 5.74) is 0. The molecule has 0 aliphatic heterocycles. The topological polar surface area (TPSA) is 49.6 Å². The molecular weight excluding hydrogens is 317 g/mol. The average molecular weight is 335 g/mol. The van der Waals surface area contributed by atoms with E-state index in [2.05, 4.69) is 15.6 Å². The van der Waals surface area contributed by atoms with Crippen LogP contribution in [0.15, 0.2) is 27.8 Å². The van der Waals surface area contributed by atoms with E-state index in [0.29, 0.717) is 12.6 Å². The molecule has 1 aromatic rings. The minimum atomic E-state index is 0. The summed E-state index contributed by atoms with van der Waals surface area (Å²) in [6.07, 6.45) is 5.51. The maximum Gasteiger partial charge on any atom is 0.191 e. The Morgan fingerprint density at radius 1 is 1.56 bits per heavy atom. The van der Waals surface area contributed by atoms with Gasteiger partial charge in [-0.15, -0.1) is 24.0 Å². The minimum Gasteiger partial charge on any atom is -0.467 e. The van der Waals surface area contributed by atoms with E-state index in [0.717, 1.165) is 11.7 Å². The van der Waals surface area contributed by atoms with Gasteiger partial charge in [-0.25, -0.2) is 0 Å². The van der Waals surface area contributed by atoms with Crippen LogP contribution in [0.25, 0.3) is 0 Å². The number of halogens is 1. The molecule has 0 amide bonds. The van der Waals surface area contributed by atoms with Crippen molar-refractivity contribution in [3.63, 3.8) is 0 Å². The highest BCUT2D eigenvalue weighted by Gasteiger charge is 2.17. The Hall–Kier alpha value is -0.720. The Bertz CT molecular complexity index is 320. The Kier molecular flexibility index (Phi) is 5.65. The van der Waals surface area contributed by atoms with E-state index in [1.54, 1.807) is 13.3 Å². The van der Waals surface area contributed by atoms with Gasteiger partial charge in [0.2, 0.25) is 0 Å². The molecule has 1 saturated carbocycles. The Balaban J connectivity index is 0.00000128. The fraction of sp³-hybridized carbons (Fsp3) is 0.545. The number of hydrogen-bond donors (Lipinski definition) is 2. The van der Waals surface area contributed by atoms with Crippen molar-refractivity contribution in [1.82, 2.24) is 10.6 Å². The van der Waals surface area contributed by atoms with Crippen molar-refractivity contribution in [3.8, 4) is 0 Å². The molecule has 90 valence electrons. The molecule has 1 aromatic heterocycles. The normalized spacial score (nSPS) is 16.2. The van der Waals surface area contributed by atoms with Crippen LogP contribution in [0.2, 0.25) is 0 Å². The van der Waals surface area contributed by atoms with Crippen molar-refractivity contribution >= 4 is 29.9 Å². The number of hydrogen-bond acceptors (Lipinski definition) is 2. The molecule has 1 heterocycles. The van der Waals surface area contributed by atoms with Crippen molar-refractivity contribution in [2.75, 3.05) is 7.05 Å². The predicted molar refractivity (Wildman–Crippen MR) is 75.1 cm³/mol. The first kappa shape index (κ1) is 13.3. The maximum atomic E-state index is 5.23. The number of guanidine groups is 1. The zero-order chi connectivity index (χ0) is 10.5. The molecule has 16 heavy (non-hydrogen) atoms. The highest BCUT2D eigenvalue weighted by molar-refractivity contribution is 14.0. The fourth-order valence-corrected chi connectivity index (χ4v) is 1.52. The Morgan fingerprint density at radius 2 is 2.38 bits per heavy atom. The molecule has 0 saturated heterocycles. The van der Waals surface area contributed by atoms with Gasteiger partial charge in [-0.3, -0.25) is 4.99 Å². The molecule has 0 bridgehead atoms. The molecule has 2 rings (SSSR count). The third-order valence-electron chi connectivity index (χ3n) is 2.68. The second-order valence-corrected chi connectivity index (χ2v) is 3.78. The predicted octanol–water partition coefficient (Wildman–Crippen LogP) is 2.12. The van der Waals surface area contributed by atoms with E-state index in [-0.39, 0.29) is 24.0 Å². The van der Waals surface area contributed by atoms with Gasteiger partial charge in [0.05, 0.1) is 12.8 Å². The lowest BCUT2D eigenvalue weighted by Gasteiger charge is -2.28. The molecule has 1 aliphatic rings. The Morgan fingerprint density at radius 3 is 2.88 bits per heavy atom. The number of nitrogens with zero attached hydrogens (tertiary/aromatic N) is 1. The molecule has 1 fully saturated rings. The molecule has 0 unspecified atom stereocenters. The maximum absolute atomic E-state index is 5.23. The molecule has 0 atom stereocenters. The minimum absolute atomic E-state index is 0. The van der Waals surface area contributed by atoms with Crippen LogP contribution in [0.5, 0.6) is 0 Å². The van der Waals surface area contributed by atoms with E-state index >= 15 is 0 Å². The summed E-state index contributed by atoms with van der Waals surface area (Å²) in [5, 5.41) is 6.58. The first-order valence-corrected chi connectivity index (χ1v) is 5.38. The van der Waals surface area contributed by atoms with Crippen molar-refractivity contribution < 1.29 is 4.42 Å². The van der Waals surface area contributed by atoms with Crippen molar-refractivity contribution in [2.24, 2.45) is 4.99 Å². The second-order valence-electron chi connectivity index (χ2n) is 3.78. The monoisotopic (exact) mass is 335 g/mol. The van der Waals surface area contributed by atoms with Gasteiger partial charge < -0.3 is 15.1 Å². The van der Waals surface area contributed by atoms with Crippen LogP contribution >= 0.6 is 24.0 Å². The number of furan rings is 1. The third kappa shape index (κ3) is 3.70. The smallest absolute Gasteiger partial charge is 0.191 e. The summed E-state index contributed by atoms with van der Waals surface area (Å²) in [5.74, 6) is 1.78. The van der Waals surface area contributed by atoms with Gasteiger partial charge in [0.25, 0.3) is 0 Å². The quantitative estimate of drug-likeness (QED) is 0.505. The zero-order valence-corrected chi connectivity index (χ0v) is 11.7. The van der Waals surface area contributed by atoms with Crippen molar-refractivity contribution in [3.05, 3.63) is 24.2 Å². The van der Waals surface area contributed by atoms with Crippen LogP contribution in [0.4, 0.5) is 0 Å². The lowest BCUT2D eigenvalue weighted by Crippen LogP contribution is -2.45. The van der Waals surface area contributed by atoms with E-state index in [9.17, 15) is 0 Å². The van der Waals surface area contributed by atoms with Crippen LogP contribution in [0, 0.1) is 0 Å². The largest absolute Gasteiger partial charge is 0.467 e. The van der Waals surface area contributed by atoms with E-state index in [4.69, 9.17) is 4.42 Å². The second kappa shape index (κ2) is 6.78. The lowest BCUT2D eigenvalue weighted by atomic mass is 9.93. The van der Waals surface area contributed by atoms with E-state index < -0.39 is 0 Å². The summed E-state index contributed by atoms with van der Waals surface area (Å²) < 4.78 is 5.23. The number of rotatable bonds is 3. The first-order valence-electron chi connectivity index (χ1n) is 5.38. The molecule has 4 nitrogen and oxygen atoms in total. The summed E-state index contributed by atoms with van der Waals surface area (Å²) in [6, 6.07) is 4.44. The molecular formula is C11H18IN3O. The molecule has 5 heteroatoms. The van der Waals surface area contributed by atoms with E-state index in [1.807, 2.05) is 12.1 Å². The SMILES string of the molecule is CN=C(NCc1ccco1)NC1CCC1.I. The standard InChI is InChI=1S/C11H17N3O.HI/c1-12-11(14-9-4-2-5-9)13-8-10-6-3-7-15-10;/h3,6-7,9H,2,4-5,8H2,1H3,(H2,12,13,14);1H. The van der Waals surface area contributed by atoms with Gasteiger partial charge in [0.1, 0.15) is 5.76 Å². The van der Waals surface area contributed by atoms with Gasteiger partial charge in [-0.2, -0.15) is 0 Å². The fourth-order valence-electron chi connectivity index (χ4n) is 1.52. The number of nitrogens with one attached hydrogen (secondary N) is 2. The van der Waals surface area contributed by atoms with Gasteiger partial charge in [0.15, 0.2) is 5.96 Å². The molecule has 1 aliphatic carbocycles. The highest BCUT2D eigenvalue weighted by atomic mass is 127. The van der Waals surface area contributed by atoms with Crippen LogP contribution < -0.4 is 10.6 Å². The molecule has 2 N–H and O–H groups in total. The van der Waals surface area contributed by atoms with Gasteiger partial charge >= 0.3 is 0 Å². The zero-order valence-electron chi connectivity index (χ0n) is 9.40. The Labute approximate surface area is 113 Å². The van der Waals surface area contributed by atoms with Crippen LogP contribution in [-0.4, -0.2) is 19.0 Å². The lowest BCUT2D eigenvalue weighted by molar-refractivity contribution is 0.379. The summed E-state index contributed by atoms with van der Waals surface area (Å²) >= 11 is 0. The number of aliphatic imine (C=N–C) groups is 1. The van der Waals surface area contributed by atoms with Crippen LogP contribution in [0.1, 0.15) is 25.0 Å². The molecule has 0 spiro atoms. The van der Waals surface area contributed by atoms with Gasteiger partial charge in [-0.05, 0) is 31.4 Å². The van der Waals surface area contributed by atoms with E-state index in [1.165, 1.54) is 19.3 Å². The molecule has 0 aromatic carbocycles. The van der Waals surface area contributed by atoms with Gasteiger partial charge in [0, 0.05) is 13.1 Å². The van der Waals surface area contributed by atoms with Gasteiger partial charge in [-0.1, -0.05) is 0 Å². The third-order valence-corrected chi connectivity index (χ3v) is 2.68. The summed E-state index contributed by atoms with van der Waals surface area (Å²) in [4.78, 5) is 4.16. The van der Waals surface area contributed by atoms with Crippen molar-refractivity contribution in [1.29, 1.82) is 0 Å². The first-order chi connectivity index (χ1) is 7.38. The highest BCUT2D eigenvalue weighted by Crippen LogP contribution is 2.17. The summed E-state index contributed by atoms with van der Waals surface area (Å²) in [7, 11) is 1.79. The van der Waals surface area contributed by atoms with Crippen LogP contribution in [0.3, 0.4) is 0 Å². The van der Waals surface area contributed by atoms with Crippen LogP contribution in [-0.2, 0) is 6.54 Å². The average Bonchev–Trinajstić information content (AvgIpc) is 2.68.